The Morgan fingerprint density at radius 1 is 1.47 bits per heavy atom. The first-order chi connectivity index (χ1) is 14.2. The molecule has 30 heavy (non-hydrogen) atoms. The molecule has 4 rings (SSSR count). The van der Waals surface area contributed by atoms with E-state index in [9.17, 15) is 24.2 Å². The van der Waals surface area contributed by atoms with Gasteiger partial charge in [0.1, 0.15) is 17.6 Å². The molecule has 1 aromatic rings. The Labute approximate surface area is 177 Å². The van der Waals surface area contributed by atoms with Crippen molar-refractivity contribution in [1.29, 1.82) is 0 Å². The monoisotopic (exact) mass is 437 g/mol. The summed E-state index contributed by atoms with van der Waals surface area (Å²) in [5.41, 5.74) is -0.616. The molecule has 0 bridgehead atoms. The molecule has 3 N–H and O–H groups in total. The maximum absolute atomic E-state index is 14.0. The van der Waals surface area contributed by atoms with Crippen LogP contribution in [0, 0.1) is 5.82 Å². The Morgan fingerprint density at radius 3 is 2.93 bits per heavy atom. The lowest BCUT2D eigenvalue weighted by Gasteiger charge is -2.48. The molecule has 2 saturated heterocycles. The molecular formula is C20H21ClFN3O5. The highest BCUT2D eigenvalue weighted by molar-refractivity contribution is 6.30. The van der Waals surface area contributed by atoms with E-state index in [1.54, 1.807) is 13.1 Å². The van der Waals surface area contributed by atoms with Crippen LogP contribution in [-0.2, 0) is 20.9 Å². The number of aliphatic hydroxyl groups excluding tert-OH is 2. The zero-order valence-electron chi connectivity index (χ0n) is 16.2. The van der Waals surface area contributed by atoms with Crippen LogP contribution in [0.25, 0.3) is 0 Å². The summed E-state index contributed by atoms with van der Waals surface area (Å²) in [6.07, 6.45) is 0.298. The lowest BCUT2D eigenvalue weighted by atomic mass is 9.89. The standard InChI is InChI=1S/C20H21ClFN3O5/c1-24-19(29)15-17(27)16(26)12(8-25(15)9-20(24)5-6-30-10-20)18(28)23-7-11-3-2-4-13(21)14(11)22/h2-4,8,16,26-27H,5-7,9-10H2,1H3,(H,23,28). The number of amides is 2. The number of carbonyl (C=O) groups excluding carboxylic acids is 2. The van der Waals surface area contributed by atoms with E-state index in [2.05, 4.69) is 5.32 Å². The number of likely N-dealkylation sites (N-methyl/N-ethyl adjacent to an activating group) is 1. The lowest BCUT2D eigenvalue weighted by Crippen LogP contribution is -2.63. The van der Waals surface area contributed by atoms with Crippen molar-refractivity contribution < 1.29 is 28.9 Å². The summed E-state index contributed by atoms with van der Waals surface area (Å²) in [5, 5.41) is 23.4. The Balaban J connectivity index is 1.57. The Kier molecular flexibility index (Phi) is 5.21. The first kappa shape index (κ1) is 20.6. The normalized spacial score (nSPS) is 26.2. The zero-order chi connectivity index (χ0) is 21.6. The van der Waals surface area contributed by atoms with Gasteiger partial charge in [0.05, 0.1) is 22.7 Å². The van der Waals surface area contributed by atoms with Crippen LogP contribution in [0.2, 0.25) is 5.02 Å². The molecule has 0 aromatic heterocycles. The van der Waals surface area contributed by atoms with Crippen LogP contribution in [0.3, 0.4) is 0 Å². The van der Waals surface area contributed by atoms with Crippen molar-refractivity contribution >= 4 is 23.4 Å². The van der Waals surface area contributed by atoms with Crippen LogP contribution in [0.1, 0.15) is 12.0 Å². The Morgan fingerprint density at radius 2 is 2.23 bits per heavy atom. The molecule has 1 spiro atoms. The number of nitrogens with zero attached hydrogens (tertiary/aromatic N) is 2. The van der Waals surface area contributed by atoms with E-state index in [4.69, 9.17) is 16.3 Å². The molecule has 2 atom stereocenters. The van der Waals surface area contributed by atoms with E-state index < -0.39 is 35.0 Å². The molecule has 0 radical (unpaired) electrons. The van der Waals surface area contributed by atoms with E-state index in [0.29, 0.717) is 26.2 Å². The molecule has 3 heterocycles. The van der Waals surface area contributed by atoms with Crippen molar-refractivity contribution in [3.63, 3.8) is 0 Å². The predicted octanol–water partition coefficient (Wildman–Crippen LogP) is 1.06. The topological polar surface area (TPSA) is 102 Å². The van der Waals surface area contributed by atoms with Gasteiger partial charge in [0.2, 0.25) is 0 Å². The number of piperazine rings is 1. The summed E-state index contributed by atoms with van der Waals surface area (Å²) in [4.78, 5) is 28.5. The number of rotatable bonds is 3. The fourth-order valence-corrected chi connectivity index (χ4v) is 4.21. The fourth-order valence-electron chi connectivity index (χ4n) is 4.01. The number of fused-ring (bicyclic) bond motifs is 1. The van der Waals surface area contributed by atoms with Gasteiger partial charge < -0.3 is 30.1 Å². The number of nitrogens with one attached hydrogen (secondary N) is 1. The Hall–Kier alpha value is -2.62. The molecule has 2 fully saturated rings. The molecule has 2 amide bonds. The average Bonchev–Trinajstić information content (AvgIpc) is 3.19. The van der Waals surface area contributed by atoms with Gasteiger partial charge in [-0.05, 0) is 12.5 Å². The van der Waals surface area contributed by atoms with Gasteiger partial charge in [-0.2, -0.15) is 0 Å². The number of halogens is 2. The summed E-state index contributed by atoms with van der Waals surface area (Å²) in [5.74, 6) is -2.40. The van der Waals surface area contributed by atoms with E-state index >= 15 is 0 Å². The van der Waals surface area contributed by atoms with Crippen LogP contribution in [0.5, 0.6) is 0 Å². The molecule has 3 aliphatic heterocycles. The zero-order valence-corrected chi connectivity index (χ0v) is 16.9. The molecule has 8 nitrogen and oxygen atoms in total. The lowest BCUT2D eigenvalue weighted by molar-refractivity contribution is -0.138. The summed E-state index contributed by atoms with van der Waals surface area (Å²) < 4.78 is 19.5. The predicted molar refractivity (Wildman–Crippen MR) is 105 cm³/mol. The minimum absolute atomic E-state index is 0.0658. The summed E-state index contributed by atoms with van der Waals surface area (Å²) >= 11 is 5.75. The van der Waals surface area contributed by atoms with Crippen molar-refractivity contribution in [1.82, 2.24) is 15.1 Å². The number of aliphatic hydroxyl groups is 2. The van der Waals surface area contributed by atoms with Gasteiger partial charge in [-0.1, -0.05) is 23.7 Å². The second kappa shape index (κ2) is 7.57. The van der Waals surface area contributed by atoms with E-state index in [1.807, 2.05) is 0 Å². The van der Waals surface area contributed by atoms with Gasteiger partial charge in [-0.25, -0.2) is 4.39 Å². The van der Waals surface area contributed by atoms with Crippen molar-refractivity contribution in [2.24, 2.45) is 0 Å². The summed E-state index contributed by atoms with van der Waals surface area (Å²) in [6, 6.07) is 4.43. The van der Waals surface area contributed by atoms with Crippen LogP contribution in [0.4, 0.5) is 4.39 Å². The highest BCUT2D eigenvalue weighted by atomic mass is 35.5. The smallest absolute Gasteiger partial charge is 0.274 e. The molecule has 0 aliphatic carbocycles. The number of hydrogen-bond acceptors (Lipinski definition) is 6. The van der Waals surface area contributed by atoms with Crippen molar-refractivity contribution in [2.45, 2.75) is 24.6 Å². The largest absolute Gasteiger partial charge is 0.507 e. The summed E-state index contributed by atoms with van der Waals surface area (Å²) in [6.45, 7) is 0.986. The Bertz CT molecular complexity index is 973. The van der Waals surface area contributed by atoms with Crippen LogP contribution in [-0.4, -0.2) is 70.3 Å². The third-order valence-electron chi connectivity index (χ3n) is 5.88. The summed E-state index contributed by atoms with van der Waals surface area (Å²) in [7, 11) is 1.63. The highest BCUT2D eigenvalue weighted by Crippen LogP contribution is 2.37. The number of hydrogen-bond donors (Lipinski definition) is 3. The molecule has 10 heteroatoms. The van der Waals surface area contributed by atoms with Gasteiger partial charge in [0, 0.05) is 38.5 Å². The van der Waals surface area contributed by atoms with Crippen LogP contribution in [0.15, 0.2) is 41.4 Å². The van der Waals surface area contributed by atoms with Gasteiger partial charge in [0.15, 0.2) is 5.76 Å². The van der Waals surface area contributed by atoms with Crippen molar-refractivity contribution in [3.05, 3.63) is 57.8 Å². The third-order valence-corrected chi connectivity index (χ3v) is 6.17. The van der Waals surface area contributed by atoms with Gasteiger partial charge in [-0.15, -0.1) is 0 Å². The number of ether oxygens (including phenoxy) is 1. The first-order valence-corrected chi connectivity index (χ1v) is 9.79. The molecule has 0 saturated carbocycles. The second-order valence-corrected chi connectivity index (χ2v) is 8.04. The van der Waals surface area contributed by atoms with Crippen molar-refractivity contribution in [3.8, 4) is 0 Å². The number of carbonyl (C=O) groups is 2. The molecule has 1 aromatic carbocycles. The maximum atomic E-state index is 14.0. The van der Waals surface area contributed by atoms with Crippen molar-refractivity contribution in [2.75, 3.05) is 26.8 Å². The van der Waals surface area contributed by atoms with Gasteiger partial charge >= 0.3 is 0 Å². The second-order valence-electron chi connectivity index (χ2n) is 7.64. The number of benzene rings is 1. The molecule has 160 valence electrons. The molecule has 3 aliphatic rings. The first-order valence-electron chi connectivity index (χ1n) is 9.42. The minimum Gasteiger partial charge on any atom is -0.507 e. The van der Waals surface area contributed by atoms with E-state index in [0.717, 1.165) is 0 Å². The highest BCUT2D eigenvalue weighted by Gasteiger charge is 2.51. The van der Waals surface area contributed by atoms with E-state index in [-0.39, 0.29) is 28.4 Å². The fraction of sp³-hybridized carbons (Fsp3) is 0.400. The maximum Gasteiger partial charge on any atom is 0.274 e. The minimum atomic E-state index is -1.67. The average molecular weight is 438 g/mol. The SMILES string of the molecule is CN1C(=O)C2=C(O)C(O)C(C(=O)NCc3cccc(Cl)c3F)=CN2CC12CCOC2. The molecule has 2 unspecified atom stereocenters. The quantitative estimate of drug-likeness (QED) is 0.653. The van der Waals surface area contributed by atoms with Gasteiger partial charge in [0.25, 0.3) is 11.8 Å². The molecular weight excluding hydrogens is 417 g/mol. The third kappa shape index (κ3) is 3.23. The van der Waals surface area contributed by atoms with Gasteiger partial charge in [-0.3, -0.25) is 9.59 Å². The van der Waals surface area contributed by atoms with Crippen LogP contribution < -0.4 is 5.32 Å². The van der Waals surface area contributed by atoms with E-state index in [1.165, 1.54) is 28.1 Å². The van der Waals surface area contributed by atoms with Crippen LogP contribution >= 0.6 is 11.6 Å².